The van der Waals surface area contributed by atoms with E-state index in [9.17, 15) is 43.2 Å². The number of carbonyl (C=O) groups excluding carboxylic acids is 4. The number of aliphatic hydroxyl groups is 1. The van der Waals surface area contributed by atoms with Crippen molar-refractivity contribution in [1.29, 1.82) is 0 Å². The summed E-state index contributed by atoms with van der Waals surface area (Å²) in [6, 6.07) is 0. The van der Waals surface area contributed by atoms with Crippen molar-refractivity contribution in [2.45, 2.75) is 316 Å². The van der Waals surface area contributed by atoms with E-state index in [-0.39, 0.29) is 25.7 Å². The zero-order valence-corrected chi connectivity index (χ0v) is 66.4. The maximum absolute atomic E-state index is 13.1. The van der Waals surface area contributed by atoms with Crippen LogP contribution in [0, 0.1) is 0 Å². The molecule has 0 fully saturated rings. The number of phosphoric ester groups is 2. The van der Waals surface area contributed by atoms with Gasteiger partial charge in [-0.05, 0) is 135 Å². The maximum atomic E-state index is 13.1. The third kappa shape index (κ3) is 74.9. The molecule has 0 bridgehead atoms. The second kappa shape index (κ2) is 75.9. The molecule has 0 heterocycles. The van der Waals surface area contributed by atoms with E-state index in [1.54, 1.807) is 0 Å². The molecule has 0 aliphatic rings. The molecule has 5 unspecified atom stereocenters. The average Bonchev–Trinajstić information content (AvgIpc) is 0.937. The standard InChI is InChI=1S/C85H140O17P2/c1-5-9-13-17-21-25-29-33-37-39-43-45-49-53-57-61-65-69-82(87)95-75-80(101-84(89)71-67-63-59-55-51-47-41-35-31-27-23-19-15-11-7-3)77-99-103(91,92)97-73-79(86)74-98-104(93,94)100-78-81(102-85(90)72-68-64-60-56-52-48-42-36-32-28-24-20-16-12-8-4)76-96-83(88)70-66-62-58-54-50-46-44-40-38-34-30-26-22-18-14-10-6-2/h9-11,13-15,21-23,25-27,33-35,37-38,41,43-46,53-54,57-58,79-81,86H,5-8,12,16-20,24,28-32,36,39-40,42,47-52,55-56,59-78H2,1-4H3,(H,91,92)(H,93,94)/b13-9-,14-10-,15-11-,25-21-,26-22-,27-23-,37-33-,38-34-,41-35-,45-43-,46-44-,57-53-,58-54-. The molecule has 0 saturated carbocycles. The second-order valence-electron chi connectivity index (χ2n) is 25.9. The van der Waals surface area contributed by atoms with Crippen molar-refractivity contribution in [2.75, 3.05) is 39.6 Å². The number of hydrogen-bond donors (Lipinski definition) is 3. The molecule has 104 heavy (non-hydrogen) atoms. The maximum Gasteiger partial charge on any atom is 0.472 e. The minimum Gasteiger partial charge on any atom is -0.462 e. The first-order chi connectivity index (χ1) is 50.7. The lowest BCUT2D eigenvalue weighted by Crippen LogP contribution is -2.30. The van der Waals surface area contributed by atoms with E-state index in [0.29, 0.717) is 38.5 Å². The highest BCUT2D eigenvalue weighted by Gasteiger charge is 2.30. The van der Waals surface area contributed by atoms with Gasteiger partial charge >= 0.3 is 39.5 Å². The van der Waals surface area contributed by atoms with Gasteiger partial charge < -0.3 is 33.8 Å². The fraction of sp³-hybridized carbons (Fsp3) is 0.647. The van der Waals surface area contributed by atoms with Gasteiger partial charge in [-0.2, -0.15) is 0 Å². The van der Waals surface area contributed by atoms with E-state index in [1.165, 1.54) is 64.2 Å². The van der Waals surface area contributed by atoms with E-state index in [4.69, 9.17) is 37.0 Å². The van der Waals surface area contributed by atoms with Crippen LogP contribution in [0.3, 0.4) is 0 Å². The molecule has 0 aliphatic heterocycles. The molecular formula is C85H140O17P2. The van der Waals surface area contributed by atoms with Crippen molar-refractivity contribution in [3.05, 3.63) is 158 Å². The normalized spacial score (nSPS) is 14.7. The number of rotatable bonds is 73. The van der Waals surface area contributed by atoms with Crippen LogP contribution in [0.2, 0.25) is 0 Å². The summed E-state index contributed by atoms with van der Waals surface area (Å²) in [5.74, 6) is -2.33. The van der Waals surface area contributed by atoms with Crippen molar-refractivity contribution in [1.82, 2.24) is 0 Å². The van der Waals surface area contributed by atoms with Crippen LogP contribution >= 0.6 is 15.6 Å². The van der Waals surface area contributed by atoms with E-state index in [2.05, 4.69) is 161 Å². The quantitative estimate of drug-likeness (QED) is 0.0169. The Labute approximate surface area is 629 Å². The minimum absolute atomic E-state index is 0.0571. The van der Waals surface area contributed by atoms with Crippen LogP contribution < -0.4 is 0 Å². The molecule has 0 aromatic carbocycles. The number of ether oxygens (including phenoxy) is 4. The van der Waals surface area contributed by atoms with Crippen molar-refractivity contribution >= 4 is 39.5 Å². The van der Waals surface area contributed by atoms with Crippen LogP contribution in [0.5, 0.6) is 0 Å². The van der Waals surface area contributed by atoms with E-state index in [1.807, 2.05) is 24.3 Å². The number of esters is 4. The van der Waals surface area contributed by atoms with Gasteiger partial charge in [0.1, 0.15) is 19.3 Å². The van der Waals surface area contributed by atoms with E-state index in [0.717, 1.165) is 141 Å². The van der Waals surface area contributed by atoms with Gasteiger partial charge in [0, 0.05) is 25.7 Å². The Hall–Kier alpha value is -5.32. The first-order valence-corrected chi connectivity index (χ1v) is 42.7. The van der Waals surface area contributed by atoms with Crippen molar-refractivity contribution < 1.29 is 80.2 Å². The highest BCUT2D eigenvalue weighted by Crippen LogP contribution is 2.45. The molecule has 0 saturated heterocycles. The average molecular weight is 1500 g/mol. The summed E-state index contributed by atoms with van der Waals surface area (Å²) >= 11 is 0. The van der Waals surface area contributed by atoms with Crippen LogP contribution in [0.1, 0.15) is 297 Å². The Morgan fingerprint density at radius 3 is 0.798 bits per heavy atom. The van der Waals surface area contributed by atoms with Gasteiger partial charge in [0.05, 0.1) is 26.4 Å². The lowest BCUT2D eigenvalue weighted by molar-refractivity contribution is -0.161. The smallest absolute Gasteiger partial charge is 0.462 e. The molecule has 5 atom stereocenters. The van der Waals surface area contributed by atoms with Crippen LogP contribution in [-0.4, -0.2) is 96.7 Å². The fourth-order valence-electron chi connectivity index (χ4n) is 10.1. The van der Waals surface area contributed by atoms with Gasteiger partial charge in [-0.25, -0.2) is 9.13 Å². The lowest BCUT2D eigenvalue weighted by atomic mass is 10.0. The SMILES string of the molecule is CC/C=C\C/C=C\C/C=C\C/C=C\C/C=C\CCCC(=O)OCC(COP(=O)(O)OCC(O)COP(=O)(O)OCC(COC(=O)CCC/C=C\C/C=C\C/C=C\C/C=C\C/C=C\CC)OC(=O)CCCCCCCCCCCCCCCCC)OC(=O)CCCCCCC/C=C\C/C=C\C/C=C\CC. The third-order valence-corrected chi connectivity index (χ3v) is 17.9. The summed E-state index contributed by atoms with van der Waals surface area (Å²) in [4.78, 5) is 73.0. The predicted molar refractivity (Wildman–Crippen MR) is 427 cm³/mol. The highest BCUT2D eigenvalue weighted by molar-refractivity contribution is 7.47. The first-order valence-electron chi connectivity index (χ1n) is 39.7. The summed E-state index contributed by atoms with van der Waals surface area (Å²) in [5, 5.41) is 10.6. The van der Waals surface area contributed by atoms with Gasteiger partial charge in [-0.15, -0.1) is 0 Å². The number of carbonyl (C=O) groups is 4. The molecule has 592 valence electrons. The Kier molecular flexibility index (Phi) is 72.0. The monoisotopic (exact) mass is 1490 g/mol. The molecule has 17 nitrogen and oxygen atoms in total. The molecule has 0 aromatic heterocycles. The summed E-state index contributed by atoms with van der Waals surface area (Å²) in [5.41, 5.74) is 0. The molecule has 0 aromatic rings. The van der Waals surface area contributed by atoms with Crippen LogP contribution in [0.4, 0.5) is 0 Å². The number of unbranched alkanes of at least 4 members (excludes halogenated alkanes) is 21. The molecule has 0 spiro atoms. The van der Waals surface area contributed by atoms with Crippen molar-refractivity contribution in [2.24, 2.45) is 0 Å². The summed E-state index contributed by atoms with van der Waals surface area (Å²) in [7, 11) is -10.0. The van der Waals surface area contributed by atoms with Crippen LogP contribution in [0.25, 0.3) is 0 Å². The topological polar surface area (TPSA) is 237 Å². The highest BCUT2D eigenvalue weighted by atomic mass is 31.2. The minimum atomic E-state index is -5.00. The summed E-state index contributed by atoms with van der Waals surface area (Å²) in [6.07, 6.45) is 88.1. The van der Waals surface area contributed by atoms with Gasteiger partial charge in [0.25, 0.3) is 0 Å². The Morgan fingerprint density at radius 2 is 0.510 bits per heavy atom. The molecule has 0 amide bonds. The van der Waals surface area contributed by atoms with E-state index >= 15 is 0 Å². The predicted octanol–water partition coefficient (Wildman–Crippen LogP) is 23.2. The molecule has 19 heteroatoms. The van der Waals surface area contributed by atoms with Crippen LogP contribution in [0.15, 0.2) is 158 Å². The molecule has 0 aliphatic carbocycles. The summed E-state index contributed by atoms with van der Waals surface area (Å²) < 4.78 is 68.5. The van der Waals surface area contributed by atoms with E-state index < -0.39 is 97.5 Å². The number of phosphoric acid groups is 2. The Balaban J connectivity index is 5.48. The second-order valence-corrected chi connectivity index (χ2v) is 28.8. The third-order valence-electron chi connectivity index (χ3n) is 16.0. The molecule has 0 radical (unpaired) electrons. The number of allylic oxidation sites excluding steroid dienone is 26. The number of aliphatic hydroxyl groups excluding tert-OH is 1. The van der Waals surface area contributed by atoms with Crippen LogP contribution in [-0.2, 0) is 65.4 Å². The Bertz CT molecular complexity index is 2590. The fourth-order valence-corrected chi connectivity index (χ4v) is 11.6. The summed E-state index contributed by atoms with van der Waals surface area (Å²) in [6.45, 7) is 4.39. The van der Waals surface area contributed by atoms with Gasteiger partial charge in [-0.3, -0.25) is 37.3 Å². The zero-order valence-electron chi connectivity index (χ0n) is 64.6. The molecular weight excluding hydrogens is 1350 g/mol. The van der Waals surface area contributed by atoms with Gasteiger partial charge in [-0.1, -0.05) is 295 Å². The molecule has 3 N–H and O–H groups in total. The molecule has 0 rings (SSSR count). The first kappa shape index (κ1) is 98.7. The van der Waals surface area contributed by atoms with Gasteiger partial charge in [0.2, 0.25) is 0 Å². The van der Waals surface area contributed by atoms with Crippen molar-refractivity contribution in [3.8, 4) is 0 Å². The Morgan fingerprint density at radius 1 is 0.279 bits per heavy atom. The van der Waals surface area contributed by atoms with Gasteiger partial charge in [0.15, 0.2) is 12.2 Å². The number of hydrogen-bond acceptors (Lipinski definition) is 15. The van der Waals surface area contributed by atoms with Crippen molar-refractivity contribution in [3.63, 3.8) is 0 Å². The lowest BCUT2D eigenvalue weighted by Gasteiger charge is -2.21. The zero-order chi connectivity index (χ0) is 76.0. The largest absolute Gasteiger partial charge is 0.472 e.